The fraction of sp³-hybridized carbons (Fsp3) is 0.562. The number of halogens is 1. The predicted molar refractivity (Wildman–Crippen MR) is 84.0 cm³/mol. The molecular formula is C16H21ClN2O3. The molecule has 0 saturated carbocycles. The Morgan fingerprint density at radius 3 is 2.73 bits per heavy atom. The van der Waals surface area contributed by atoms with Crippen molar-refractivity contribution >= 4 is 17.5 Å². The molecule has 0 aromatic heterocycles. The van der Waals surface area contributed by atoms with Gasteiger partial charge in [-0.05, 0) is 24.1 Å². The van der Waals surface area contributed by atoms with E-state index in [1.165, 1.54) is 0 Å². The summed E-state index contributed by atoms with van der Waals surface area (Å²) in [5, 5.41) is 7.02. The number of methoxy groups -OCH3 is 1. The minimum absolute atomic E-state index is 0.0652. The average Bonchev–Trinajstić information content (AvgIpc) is 2.92. The lowest BCUT2D eigenvalue weighted by Gasteiger charge is -2.42. The summed E-state index contributed by atoms with van der Waals surface area (Å²) in [6.45, 7) is 2.41. The number of hydrogen-bond donors (Lipinski definition) is 2. The number of rotatable bonds is 5. The molecule has 2 aliphatic heterocycles. The molecular weight excluding hydrogens is 304 g/mol. The first kappa shape index (κ1) is 15.7. The third kappa shape index (κ3) is 3.13. The van der Waals surface area contributed by atoms with Gasteiger partial charge in [0.1, 0.15) is 6.10 Å². The topological polar surface area (TPSA) is 59.6 Å². The van der Waals surface area contributed by atoms with Gasteiger partial charge in [0.05, 0.1) is 24.7 Å². The molecule has 0 unspecified atom stereocenters. The summed E-state index contributed by atoms with van der Waals surface area (Å²) in [7, 11) is 1.65. The Morgan fingerprint density at radius 2 is 2.14 bits per heavy atom. The molecule has 2 atom stereocenters. The van der Waals surface area contributed by atoms with Crippen LogP contribution < -0.4 is 10.6 Å². The number of benzene rings is 1. The minimum atomic E-state index is -0.394. The maximum absolute atomic E-state index is 12.7. The molecule has 1 aromatic rings. The van der Waals surface area contributed by atoms with Gasteiger partial charge in [0.15, 0.2) is 0 Å². The molecule has 2 saturated heterocycles. The molecule has 2 fully saturated rings. The zero-order valence-electron chi connectivity index (χ0n) is 12.6. The molecule has 0 spiro atoms. The van der Waals surface area contributed by atoms with Crippen LogP contribution in [0, 0.1) is 5.41 Å². The molecule has 0 bridgehead atoms. The molecule has 1 amide bonds. The Bertz CT molecular complexity index is 531. The van der Waals surface area contributed by atoms with Gasteiger partial charge in [0, 0.05) is 25.2 Å². The van der Waals surface area contributed by atoms with Crippen LogP contribution >= 0.6 is 11.6 Å². The van der Waals surface area contributed by atoms with Gasteiger partial charge in [0.2, 0.25) is 5.91 Å². The Labute approximate surface area is 135 Å². The lowest BCUT2D eigenvalue weighted by molar-refractivity contribution is -0.135. The van der Waals surface area contributed by atoms with E-state index in [9.17, 15) is 4.79 Å². The molecule has 2 aliphatic rings. The van der Waals surface area contributed by atoms with E-state index >= 15 is 0 Å². The summed E-state index contributed by atoms with van der Waals surface area (Å²) in [5.74, 6) is 0.0683. The van der Waals surface area contributed by atoms with Crippen molar-refractivity contribution in [1.29, 1.82) is 0 Å². The highest BCUT2D eigenvalue weighted by atomic mass is 35.5. The van der Waals surface area contributed by atoms with Crippen molar-refractivity contribution in [3.63, 3.8) is 0 Å². The lowest BCUT2D eigenvalue weighted by Crippen LogP contribution is -2.64. The van der Waals surface area contributed by atoms with Crippen molar-refractivity contribution < 1.29 is 14.3 Å². The van der Waals surface area contributed by atoms with Crippen molar-refractivity contribution in [3.8, 4) is 0 Å². The zero-order chi connectivity index (χ0) is 15.6. The fourth-order valence-corrected chi connectivity index (χ4v) is 3.13. The van der Waals surface area contributed by atoms with Crippen molar-refractivity contribution in [1.82, 2.24) is 10.6 Å². The fourth-order valence-electron chi connectivity index (χ4n) is 3.01. The molecule has 2 heterocycles. The Hall–Kier alpha value is -1.14. The number of carbonyl (C=O) groups is 1. The second-order valence-corrected chi connectivity index (χ2v) is 6.52. The van der Waals surface area contributed by atoms with E-state index in [0.717, 1.165) is 5.56 Å². The van der Waals surface area contributed by atoms with Gasteiger partial charge in [-0.3, -0.25) is 4.79 Å². The monoisotopic (exact) mass is 324 g/mol. The Kier molecular flexibility index (Phi) is 4.68. The van der Waals surface area contributed by atoms with Crippen LogP contribution in [-0.4, -0.2) is 51.5 Å². The third-order valence-electron chi connectivity index (χ3n) is 4.51. The first-order chi connectivity index (χ1) is 10.6. The summed E-state index contributed by atoms with van der Waals surface area (Å²) in [6.07, 6.45) is 0.637. The lowest BCUT2D eigenvalue weighted by atomic mass is 9.75. The van der Waals surface area contributed by atoms with E-state index in [4.69, 9.17) is 21.1 Å². The van der Waals surface area contributed by atoms with E-state index in [0.29, 0.717) is 37.7 Å². The van der Waals surface area contributed by atoms with Gasteiger partial charge in [0.25, 0.3) is 0 Å². The molecule has 6 heteroatoms. The summed E-state index contributed by atoms with van der Waals surface area (Å²) in [6, 6.07) is 7.61. The van der Waals surface area contributed by atoms with E-state index in [1.807, 2.05) is 24.3 Å². The normalized spacial score (nSPS) is 26.5. The molecule has 120 valence electrons. The highest BCUT2D eigenvalue weighted by Gasteiger charge is 2.45. The van der Waals surface area contributed by atoms with E-state index in [2.05, 4.69) is 10.6 Å². The van der Waals surface area contributed by atoms with Crippen LogP contribution in [0.15, 0.2) is 24.3 Å². The van der Waals surface area contributed by atoms with Gasteiger partial charge >= 0.3 is 0 Å². The molecule has 22 heavy (non-hydrogen) atoms. The minimum Gasteiger partial charge on any atom is -0.377 e. The van der Waals surface area contributed by atoms with Crippen LogP contribution in [0.25, 0.3) is 0 Å². The molecule has 2 N–H and O–H groups in total. The van der Waals surface area contributed by atoms with Crippen LogP contribution in [-0.2, 0) is 20.7 Å². The van der Waals surface area contributed by atoms with E-state index < -0.39 is 5.41 Å². The standard InChI is InChI=1S/C16H21ClN2O3/c1-21-14-8-22-7-13(14)19-15(20)16(9-18-10-16)6-11-2-4-12(17)5-3-11/h2-5,13-14,18H,6-10H2,1H3,(H,19,20)/t13-,14+/m0/s1. The number of nitrogens with one attached hydrogen (secondary N) is 2. The maximum Gasteiger partial charge on any atom is 0.229 e. The van der Waals surface area contributed by atoms with Gasteiger partial charge < -0.3 is 20.1 Å². The summed E-state index contributed by atoms with van der Waals surface area (Å²) >= 11 is 5.92. The van der Waals surface area contributed by atoms with Crippen LogP contribution in [0.3, 0.4) is 0 Å². The Balaban J connectivity index is 1.67. The zero-order valence-corrected chi connectivity index (χ0v) is 13.4. The molecule has 5 nitrogen and oxygen atoms in total. The highest BCUT2D eigenvalue weighted by molar-refractivity contribution is 6.30. The van der Waals surface area contributed by atoms with Crippen molar-refractivity contribution in [3.05, 3.63) is 34.9 Å². The number of ether oxygens (including phenoxy) is 2. The van der Waals surface area contributed by atoms with Gasteiger partial charge in [-0.2, -0.15) is 0 Å². The largest absolute Gasteiger partial charge is 0.377 e. The average molecular weight is 325 g/mol. The quantitative estimate of drug-likeness (QED) is 0.848. The second-order valence-electron chi connectivity index (χ2n) is 6.08. The van der Waals surface area contributed by atoms with Crippen LogP contribution in [0.1, 0.15) is 5.56 Å². The van der Waals surface area contributed by atoms with Crippen LogP contribution in [0.4, 0.5) is 0 Å². The number of hydrogen-bond acceptors (Lipinski definition) is 4. The highest BCUT2D eigenvalue weighted by Crippen LogP contribution is 2.29. The SMILES string of the molecule is CO[C@@H]1COC[C@@H]1NC(=O)C1(Cc2ccc(Cl)cc2)CNC1. The van der Waals surface area contributed by atoms with Gasteiger partial charge in [-0.15, -0.1) is 0 Å². The summed E-state index contributed by atoms with van der Waals surface area (Å²) < 4.78 is 10.7. The van der Waals surface area contributed by atoms with Gasteiger partial charge in [-0.1, -0.05) is 23.7 Å². The first-order valence-electron chi connectivity index (χ1n) is 7.50. The third-order valence-corrected chi connectivity index (χ3v) is 4.76. The van der Waals surface area contributed by atoms with E-state index in [-0.39, 0.29) is 18.1 Å². The number of carbonyl (C=O) groups excluding carboxylic acids is 1. The predicted octanol–water partition coefficient (Wildman–Crippen LogP) is 1.00. The van der Waals surface area contributed by atoms with Crippen LogP contribution in [0.2, 0.25) is 5.02 Å². The molecule has 3 rings (SSSR count). The number of amides is 1. The molecule has 1 aromatic carbocycles. The van der Waals surface area contributed by atoms with Crippen molar-refractivity contribution in [2.45, 2.75) is 18.6 Å². The first-order valence-corrected chi connectivity index (χ1v) is 7.87. The van der Waals surface area contributed by atoms with Gasteiger partial charge in [-0.25, -0.2) is 0 Å². The summed E-state index contributed by atoms with van der Waals surface area (Å²) in [4.78, 5) is 12.7. The smallest absolute Gasteiger partial charge is 0.229 e. The second kappa shape index (κ2) is 6.54. The Morgan fingerprint density at radius 1 is 1.41 bits per heavy atom. The summed E-state index contributed by atoms with van der Waals surface area (Å²) in [5.41, 5.74) is 0.723. The van der Waals surface area contributed by atoms with Crippen molar-refractivity contribution in [2.24, 2.45) is 5.41 Å². The van der Waals surface area contributed by atoms with Crippen LogP contribution in [0.5, 0.6) is 0 Å². The maximum atomic E-state index is 12.7. The van der Waals surface area contributed by atoms with E-state index in [1.54, 1.807) is 7.11 Å². The van der Waals surface area contributed by atoms with Crippen molar-refractivity contribution in [2.75, 3.05) is 33.4 Å². The molecule has 0 aliphatic carbocycles. The molecule has 0 radical (unpaired) electrons.